The van der Waals surface area contributed by atoms with E-state index in [1.54, 1.807) is 47.5 Å². The molecule has 1 heterocycles. The maximum Gasteiger partial charge on any atom is 0.267 e. The molecule has 1 amide bonds. The molecule has 5 nitrogen and oxygen atoms in total. The topological polar surface area (TPSA) is 66.5 Å². The summed E-state index contributed by atoms with van der Waals surface area (Å²) >= 11 is 8.52. The first kappa shape index (κ1) is 20.7. The van der Waals surface area contributed by atoms with Gasteiger partial charge in [0, 0.05) is 22.7 Å². The standard InChI is InChI=1S/C19H17ClN2O3S3/c1-22(15-8-6-13(20)7-9-15)28(24,25)17-10-11-27-18(17)19(23)21-14-4-3-5-16(12-14)26-2/h3-12H,1-2H3,(H,21,23). The van der Waals surface area contributed by atoms with Crippen LogP contribution in [-0.2, 0) is 10.0 Å². The molecule has 2 aromatic carbocycles. The molecule has 0 unspecified atom stereocenters. The van der Waals surface area contributed by atoms with E-state index in [9.17, 15) is 13.2 Å². The summed E-state index contributed by atoms with van der Waals surface area (Å²) in [4.78, 5) is 13.8. The molecule has 0 atom stereocenters. The number of benzene rings is 2. The first-order valence-corrected chi connectivity index (χ1v) is 12.0. The molecule has 0 bridgehead atoms. The summed E-state index contributed by atoms with van der Waals surface area (Å²) in [6.45, 7) is 0. The van der Waals surface area contributed by atoms with Crippen LogP contribution in [0.25, 0.3) is 0 Å². The number of thioether (sulfide) groups is 1. The van der Waals surface area contributed by atoms with Crippen molar-refractivity contribution >= 4 is 62.0 Å². The van der Waals surface area contributed by atoms with Crippen molar-refractivity contribution in [3.8, 4) is 0 Å². The van der Waals surface area contributed by atoms with E-state index in [2.05, 4.69) is 5.32 Å². The first-order valence-electron chi connectivity index (χ1n) is 8.10. The largest absolute Gasteiger partial charge is 0.321 e. The monoisotopic (exact) mass is 452 g/mol. The predicted molar refractivity (Wildman–Crippen MR) is 118 cm³/mol. The number of sulfonamides is 1. The average Bonchev–Trinajstić information content (AvgIpc) is 3.19. The maximum absolute atomic E-state index is 13.1. The lowest BCUT2D eigenvalue weighted by Crippen LogP contribution is -2.28. The van der Waals surface area contributed by atoms with Crippen LogP contribution in [0.3, 0.4) is 0 Å². The van der Waals surface area contributed by atoms with Crippen LogP contribution in [-0.4, -0.2) is 27.6 Å². The molecule has 0 saturated carbocycles. The summed E-state index contributed by atoms with van der Waals surface area (Å²) in [7, 11) is -2.46. The van der Waals surface area contributed by atoms with Gasteiger partial charge in [0.2, 0.25) is 0 Å². The maximum atomic E-state index is 13.1. The number of anilines is 2. The third-order valence-corrected chi connectivity index (χ3v) is 7.84. The SMILES string of the molecule is CSc1cccc(NC(=O)c2sccc2S(=O)(=O)N(C)c2ccc(Cl)cc2)c1. The molecular weight excluding hydrogens is 436 g/mol. The van der Waals surface area contributed by atoms with E-state index < -0.39 is 15.9 Å². The molecule has 9 heteroatoms. The van der Waals surface area contributed by atoms with Gasteiger partial charge < -0.3 is 5.32 Å². The van der Waals surface area contributed by atoms with Crippen molar-refractivity contribution in [2.24, 2.45) is 0 Å². The second kappa shape index (κ2) is 8.57. The highest BCUT2D eigenvalue weighted by molar-refractivity contribution is 7.98. The van der Waals surface area contributed by atoms with Crippen LogP contribution < -0.4 is 9.62 Å². The van der Waals surface area contributed by atoms with Gasteiger partial charge in [-0.3, -0.25) is 9.10 Å². The van der Waals surface area contributed by atoms with Crippen molar-refractivity contribution in [1.29, 1.82) is 0 Å². The Kier molecular flexibility index (Phi) is 6.34. The minimum Gasteiger partial charge on any atom is -0.321 e. The second-order valence-electron chi connectivity index (χ2n) is 5.75. The quantitative estimate of drug-likeness (QED) is 0.522. The van der Waals surface area contributed by atoms with Crippen molar-refractivity contribution in [3.63, 3.8) is 0 Å². The summed E-state index contributed by atoms with van der Waals surface area (Å²) in [5.41, 5.74) is 1.06. The fourth-order valence-corrected chi connectivity index (χ4v) is 5.57. The third-order valence-electron chi connectivity index (χ3n) is 3.99. The molecule has 0 spiro atoms. The predicted octanol–water partition coefficient (Wildman–Crippen LogP) is 5.20. The number of nitrogens with zero attached hydrogens (tertiary/aromatic N) is 1. The van der Waals surface area contributed by atoms with Gasteiger partial charge in [-0.25, -0.2) is 8.42 Å². The van der Waals surface area contributed by atoms with Gasteiger partial charge in [-0.05, 0) is 60.2 Å². The van der Waals surface area contributed by atoms with E-state index in [0.29, 0.717) is 16.4 Å². The number of hydrogen-bond acceptors (Lipinski definition) is 5. The number of rotatable bonds is 6. The summed E-state index contributed by atoms with van der Waals surface area (Å²) in [5.74, 6) is -0.462. The third kappa shape index (κ3) is 4.35. The molecule has 0 radical (unpaired) electrons. The summed E-state index contributed by atoms with van der Waals surface area (Å²) in [5, 5.41) is 4.88. The average molecular weight is 453 g/mol. The van der Waals surface area contributed by atoms with Crippen LogP contribution in [0.5, 0.6) is 0 Å². The highest BCUT2D eigenvalue weighted by atomic mass is 35.5. The van der Waals surface area contributed by atoms with Gasteiger partial charge in [0.25, 0.3) is 15.9 Å². The van der Waals surface area contributed by atoms with Gasteiger partial charge in [0.15, 0.2) is 0 Å². The Bertz CT molecular complexity index is 1100. The van der Waals surface area contributed by atoms with Gasteiger partial charge in [0.05, 0.1) is 5.69 Å². The van der Waals surface area contributed by atoms with E-state index in [4.69, 9.17) is 11.6 Å². The van der Waals surface area contributed by atoms with Crippen LogP contribution in [0.2, 0.25) is 5.02 Å². The zero-order valence-corrected chi connectivity index (χ0v) is 18.3. The highest BCUT2D eigenvalue weighted by Gasteiger charge is 2.28. The summed E-state index contributed by atoms with van der Waals surface area (Å²) < 4.78 is 27.3. The minimum absolute atomic E-state index is 0.0338. The molecule has 28 heavy (non-hydrogen) atoms. The molecule has 146 valence electrons. The van der Waals surface area contributed by atoms with Crippen molar-refractivity contribution in [1.82, 2.24) is 0 Å². The number of carbonyl (C=O) groups is 1. The highest BCUT2D eigenvalue weighted by Crippen LogP contribution is 2.29. The lowest BCUT2D eigenvalue weighted by atomic mass is 10.3. The Balaban J connectivity index is 1.89. The molecule has 0 aliphatic carbocycles. The van der Waals surface area contributed by atoms with E-state index in [0.717, 1.165) is 20.5 Å². The molecule has 3 rings (SSSR count). The molecule has 0 saturated heterocycles. The number of carbonyl (C=O) groups excluding carboxylic acids is 1. The molecule has 0 aliphatic heterocycles. The van der Waals surface area contributed by atoms with Crippen LogP contribution in [0, 0.1) is 0 Å². The zero-order chi connectivity index (χ0) is 20.3. The van der Waals surface area contributed by atoms with Crippen LogP contribution >= 0.6 is 34.7 Å². The van der Waals surface area contributed by atoms with Crippen molar-refractivity contribution in [2.45, 2.75) is 9.79 Å². The van der Waals surface area contributed by atoms with Crippen molar-refractivity contribution in [3.05, 3.63) is 69.9 Å². The number of nitrogens with one attached hydrogen (secondary N) is 1. The molecule has 0 fully saturated rings. The Morgan fingerprint density at radius 1 is 1.14 bits per heavy atom. The first-order chi connectivity index (χ1) is 13.3. The molecule has 1 N–H and O–H groups in total. The van der Waals surface area contributed by atoms with Gasteiger partial charge in [-0.2, -0.15) is 0 Å². The van der Waals surface area contributed by atoms with Crippen molar-refractivity contribution in [2.75, 3.05) is 22.9 Å². The molecule has 0 aliphatic rings. The number of hydrogen-bond donors (Lipinski definition) is 1. The Hall–Kier alpha value is -2.00. The summed E-state index contributed by atoms with van der Waals surface area (Å²) in [6, 6.07) is 15.3. The Morgan fingerprint density at radius 3 is 2.54 bits per heavy atom. The van der Waals surface area contributed by atoms with Crippen LogP contribution in [0.4, 0.5) is 11.4 Å². The lowest BCUT2D eigenvalue weighted by Gasteiger charge is -2.19. The van der Waals surface area contributed by atoms with E-state index in [-0.39, 0.29) is 9.77 Å². The number of amides is 1. The lowest BCUT2D eigenvalue weighted by molar-refractivity contribution is 0.102. The Labute approximate surface area is 177 Å². The minimum atomic E-state index is -3.91. The normalized spacial score (nSPS) is 11.2. The smallest absolute Gasteiger partial charge is 0.267 e. The molecule has 1 aromatic heterocycles. The summed E-state index contributed by atoms with van der Waals surface area (Å²) in [6.07, 6.45) is 1.94. The van der Waals surface area contributed by atoms with Crippen LogP contribution in [0.1, 0.15) is 9.67 Å². The second-order valence-corrected chi connectivity index (χ2v) is 9.92. The van der Waals surface area contributed by atoms with Gasteiger partial charge >= 0.3 is 0 Å². The van der Waals surface area contributed by atoms with Gasteiger partial charge in [0.1, 0.15) is 9.77 Å². The molecule has 3 aromatic rings. The number of thiophene rings is 1. The van der Waals surface area contributed by atoms with E-state index in [1.165, 1.54) is 13.1 Å². The Morgan fingerprint density at radius 2 is 1.86 bits per heavy atom. The van der Waals surface area contributed by atoms with E-state index in [1.807, 2.05) is 24.5 Å². The molecular formula is C19H17ClN2O3S3. The fourth-order valence-electron chi connectivity index (χ4n) is 2.49. The van der Waals surface area contributed by atoms with Gasteiger partial charge in [-0.1, -0.05) is 17.7 Å². The van der Waals surface area contributed by atoms with Crippen molar-refractivity contribution < 1.29 is 13.2 Å². The van der Waals surface area contributed by atoms with Gasteiger partial charge in [-0.15, -0.1) is 23.1 Å². The number of halogens is 1. The fraction of sp³-hybridized carbons (Fsp3) is 0.105. The zero-order valence-electron chi connectivity index (χ0n) is 15.0. The van der Waals surface area contributed by atoms with E-state index >= 15 is 0 Å². The van der Waals surface area contributed by atoms with Crippen LogP contribution in [0.15, 0.2) is 69.8 Å².